The van der Waals surface area contributed by atoms with E-state index in [1.165, 1.54) is 22.3 Å². The van der Waals surface area contributed by atoms with Crippen molar-refractivity contribution in [2.24, 2.45) is 0 Å². The van der Waals surface area contributed by atoms with Crippen LogP contribution >= 0.6 is 0 Å². The largest absolute Gasteiger partial charge is 0.434 e. The van der Waals surface area contributed by atoms with Crippen LogP contribution in [-0.2, 0) is 13.1 Å². The summed E-state index contributed by atoms with van der Waals surface area (Å²) in [6.07, 6.45) is 3.89. The first-order valence-corrected chi connectivity index (χ1v) is 9.79. The molecule has 2 N–H and O–H groups in total. The maximum absolute atomic E-state index is 11.1. The predicted molar refractivity (Wildman–Crippen MR) is 114 cm³/mol. The first-order chi connectivity index (χ1) is 14.5. The number of rotatable bonds is 4. The highest BCUT2D eigenvalue weighted by molar-refractivity contribution is 5.69. The molecule has 7 nitrogen and oxygen atoms in total. The standard InChI is InChI=1S/C23H21N5O2/c1-14-3-4-18(11-15(14)2)16-5-7-17(8-6-16)22-24-19-9-10-28(12-20(19)25-22)13-21-26-27-23(29)30-21/h3-11H,12-13H2,1-2H3,(H,24,25)(H,27,29). The molecule has 2 aromatic heterocycles. The molecule has 0 unspecified atom stereocenters. The van der Waals surface area contributed by atoms with Crippen molar-refractivity contribution in [3.8, 4) is 22.5 Å². The Morgan fingerprint density at radius 1 is 1.03 bits per heavy atom. The average molecular weight is 399 g/mol. The molecule has 0 saturated carbocycles. The summed E-state index contributed by atoms with van der Waals surface area (Å²) in [5.41, 5.74) is 7.97. The number of aromatic nitrogens is 4. The normalized spacial score (nSPS) is 12.9. The molecular weight excluding hydrogens is 378 g/mol. The third-order valence-electron chi connectivity index (χ3n) is 5.43. The summed E-state index contributed by atoms with van der Waals surface area (Å²) in [5.74, 6) is 0.652. The Balaban J connectivity index is 1.35. The lowest BCUT2D eigenvalue weighted by Gasteiger charge is -2.20. The number of benzene rings is 2. The van der Waals surface area contributed by atoms with Crippen LogP contribution < -0.4 is 5.76 Å². The second-order valence-electron chi connectivity index (χ2n) is 7.55. The van der Waals surface area contributed by atoms with Gasteiger partial charge in [-0.15, -0.1) is 5.10 Å². The van der Waals surface area contributed by atoms with E-state index in [1.54, 1.807) is 0 Å². The fourth-order valence-electron chi connectivity index (χ4n) is 3.60. The van der Waals surface area contributed by atoms with Crippen LogP contribution in [0, 0.1) is 13.8 Å². The van der Waals surface area contributed by atoms with Crippen LogP contribution in [-0.4, -0.2) is 25.1 Å². The molecule has 0 amide bonds. The molecule has 7 heteroatoms. The Kier molecular flexibility index (Phi) is 4.35. The number of hydrogen-bond acceptors (Lipinski definition) is 5. The van der Waals surface area contributed by atoms with Crippen molar-refractivity contribution >= 4 is 6.08 Å². The highest BCUT2D eigenvalue weighted by Gasteiger charge is 2.18. The van der Waals surface area contributed by atoms with E-state index in [2.05, 4.69) is 71.5 Å². The average Bonchev–Trinajstić information content (AvgIpc) is 3.36. The first-order valence-electron chi connectivity index (χ1n) is 9.79. The molecule has 0 radical (unpaired) electrons. The Morgan fingerprint density at radius 3 is 2.53 bits per heavy atom. The summed E-state index contributed by atoms with van der Waals surface area (Å²) in [7, 11) is 0. The van der Waals surface area contributed by atoms with Crippen LogP contribution in [0.2, 0.25) is 0 Å². The molecule has 5 rings (SSSR count). The van der Waals surface area contributed by atoms with Crippen LogP contribution in [0.25, 0.3) is 28.6 Å². The molecule has 30 heavy (non-hydrogen) atoms. The minimum atomic E-state index is -0.542. The van der Waals surface area contributed by atoms with Gasteiger partial charge in [0, 0.05) is 11.8 Å². The number of nitrogens with zero attached hydrogens (tertiary/aromatic N) is 3. The summed E-state index contributed by atoms with van der Waals surface area (Å²) in [6, 6.07) is 15.0. The Morgan fingerprint density at radius 2 is 1.80 bits per heavy atom. The molecule has 4 aromatic rings. The fraction of sp³-hybridized carbons (Fsp3) is 0.174. The maximum Gasteiger partial charge on any atom is 0.434 e. The van der Waals surface area contributed by atoms with E-state index < -0.39 is 5.76 Å². The third kappa shape index (κ3) is 3.45. The van der Waals surface area contributed by atoms with E-state index in [-0.39, 0.29) is 0 Å². The zero-order valence-electron chi connectivity index (χ0n) is 16.8. The second kappa shape index (κ2) is 7.18. The van der Waals surface area contributed by atoms with Gasteiger partial charge in [0.2, 0.25) is 5.89 Å². The number of H-pyrrole nitrogens is 2. The van der Waals surface area contributed by atoms with Gasteiger partial charge in [-0.2, -0.15) is 0 Å². The molecule has 0 spiro atoms. The second-order valence-corrected chi connectivity index (χ2v) is 7.55. The SMILES string of the molecule is Cc1ccc(-c2ccc(-c3nc4c([nH]3)CN(Cc3n[nH]c(=O)o3)C=C4)cc2)cc1C. The third-order valence-corrected chi connectivity index (χ3v) is 5.43. The van der Waals surface area contributed by atoms with Gasteiger partial charge in [0.05, 0.1) is 24.5 Å². The highest BCUT2D eigenvalue weighted by atomic mass is 16.4. The van der Waals surface area contributed by atoms with E-state index in [9.17, 15) is 4.79 Å². The van der Waals surface area contributed by atoms with Crippen molar-refractivity contribution in [1.82, 2.24) is 25.1 Å². The lowest BCUT2D eigenvalue weighted by atomic mass is 9.99. The highest BCUT2D eigenvalue weighted by Crippen LogP contribution is 2.27. The Hall–Kier alpha value is -3.87. The minimum Gasteiger partial charge on any atom is -0.391 e. The van der Waals surface area contributed by atoms with Crippen molar-refractivity contribution in [2.75, 3.05) is 0 Å². The molecule has 0 atom stereocenters. The van der Waals surface area contributed by atoms with Gasteiger partial charge in [0.25, 0.3) is 0 Å². The van der Waals surface area contributed by atoms with Crippen molar-refractivity contribution in [1.29, 1.82) is 0 Å². The molecule has 1 aliphatic heterocycles. The van der Waals surface area contributed by atoms with Crippen molar-refractivity contribution < 1.29 is 4.42 Å². The van der Waals surface area contributed by atoms with Gasteiger partial charge in [-0.05, 0) is 42.2 Å². The van der Waals surface area contributed by atoms with E-state index in [0.717, 1.165) is 22.8 Å². The zero-order chi connectivity index (χ0) is 20.7. The first kappa shape index (κ1) is 18.2. The number of hydrogen-bond donors (Lipinski definition) is 2. The molecule has 3 heterocycles. The smallest absolute Gasteiger partial charge is 0.391 e. The predicted octanol–water partition coefficient (Wildman–Crippen LogP) is 4.02. The van der Waals surface area contributed by atoms with Crippen LogP contribution in [0.15, 0.2) is 57.9 Å². The van der Waals surface area contributed by atoms with Gasteiger partial charge in [0.15, 0.2) is 0 Å². The van der Waals surface area contributed by atoms with Gasteiger partial charge < -0.3 is 14.3 Å². The number of fused-ring (bicyclic) bond motifs is 1. The number of aromatic amines is 2. The molecule has 1 aliphatic rings. The lowest BCUT2D eigenvalue weighted by molar-refractivity contribution is 0.305. The summed E-state index contributed by atoms with van der Waals surface area (Å²) in [6.45, 7) is 5.31. The van der Waals surface area contributed by atoms with Crippen LogP contribution in [0.4, 0.5) is 0 Å². The maximum atomic E-state index is 11.1. The molecule has 2 aromatic carbocycles. The lowest BCUT2D eigenvalue weighted by Crippen LogP contribution is -2.19. The quantitative estimate of drug-likeness (QED) is 0.541. The molecule has 0 fully saturated rings. The van der Waals surface area contributed by atoms with Crippen molar-refractivity contribution in [3.05, 3.63) is 87.6 Å². The monoisotopic (exact) mass is 399 g/mol. The van der Waals surface area contributed by atoms with Gasteiger partial charge >= 0.3 is 5.76 Å². The topological polar surface area (TPSA) is 90.8 Å². The van der Waals surface area contributed by atoms with Gasteiger partial charge in [-0.3, -0.25) is 0 Å². The Labute approximate surface area is 173 Å². The van der Waals surface area contributed by atoms with Gasteiger partial charge in [-0.25, -0.2) is 14.9 Å². The molecular formula is C23H21N5O2. The summed E-state index contributed by atoms with van der Waals surface area (Å²) >= 11 is 0. The van der Waals surface area contributed by atoms with E-state index in [4.69, 9.17) is 9.40 Å². The number of aryl methyl sites for hydroxylation is 2. The molecule has 0 saturated heterocycles. The molecule has 0 aliphatic carbocycles. The van der Waals surface area contributed by atoms with Gasteiger partial charge in [-0.1, -0.05) is 42.5 Å². The van der Waals surface area contributed by atoms with Crippen LogP contribution in [0.5, 0.6) is 0 Å². The van der Waals surface area contributed by atoms with Crippen LogP contribution in [0.3, 0.4) is 0 Å². The number of nitrogens with one attached hydrogen (secondary N) is 2. The summed E-state index contributed by atoms with van der Waals surface area (Å²) in [4.78, 5) is 21.3. The van der Waals surface area contributed by atoms with Gasteiger partial charge in [0.1, 0.15) is 5.82 Å². The van der Waals surface area contributed by atoms with Crippen LogP contribution in [0.1, 0.15) is 28.4 Å². The summed E-state index contributed by atoms with van der Waals surface area (Å²) in [5, 5.41) is 6.14. The minimum absolute atomic E-state index is 0.356. The Bertz CT molecular complexity index is 1290. The van der Waals surface area contributed by atoms with Crippen molar-refractivity contribution in [2.45, 2.75) is 26.9 Å². The van der Waals surface area contributed by atoms with Crippen molar-refractivity contribution in [3.63, 3.8) is 0 Å². The van der Waals surface area contributed by atoms with E-state index >= 15 is 0 Å². The molecule has 150 valence electrons. The van der Waals surface area contributed by atoms with E-state index in [0.29, 0.717) is 19.0 Å². The summed E-state index contributed by atoms with van der Waals surface area (Å²) < 4.78 is 4.99. The zero-order valence-corrected chi connectivity index (χ0v) is 16.8. The molecule has 0 bridgehead atoms. The fourth-order valence-corrected chi connectivity index (χ4v) is 3.60. The number of imidazole rings is 1. The van der Waals surface area contributed by atoms with E-state index in [1.807, 2.05) is 17.2 Å².